The van der Waals surface area contributed by atoms with Crippen molar-refractivity contribution < 1.29 is 4.79 Å². The van der Waals surface area contributed by atoms with E-state index in [4.69, 9.17) is 5.73 Å². The zero-order chi connectivity index (χ0) is 12.3. The van der Waals surface area contributed by atoms with Gasteiger partial charge in [0.05, 0.1) is 6.54 Å². The monoisotopic (exact) mass is 233 g/mol. The number of nitrogens with zero attached hydrogens (tertiary/aromatic N) is 1. The largest absolute Gasteiger partial charge is 0.362 e. The maximum absolute atomic E-state index is 11.6. The van der Waals surface area contributed by atoms with E-state index in [0.29, 0.717) is 6.54 Å². The predicted molar refractivity (Wildman–Crippen MR) is 68.9 cm³/mol. The number of hydrogen-bond donors (Lipinski definition) is 2. The number of benzene rings is 1. The molecule has 0 radical (unpaired) electrons. The van der Waals surface area contributed by atoms with Crippen molar-refractivity contribution in [1.82, 2.24) is 5.32 Å². The van der Waals surface area contributed by atoms with Crippen molar-refractivity contribution in [3.63, 3.8) is 0 Å². The molecule has 17 heavy (non-hydrogen) atoms. The van der Waals surface area contributed by atoms with Gasteiger partial charge in [-0.15, -0.1) is 0 Å². The maximum Gasteiger partial charge on any atom is 0.239 e. The molecule has 0 bridgehead atoms. The van der Waals surface area contributed by atoms with Gasteiger partial charge in [-0.2, -0.15) is 0 Å². The van der Waals surface area contributed by atoms with Crippen LogP contribution in [0.2, 0.25) is 0 Å². The highest BCUT2D eigenvalue weighted by Gasteiger charge is 2.18. The fraction of sp³-hybridized carbons (Fsp3) is 0.462. The van der Waals surface area contributed by atoms with E-state index in [1.54, 1.807) is 0 Å². The minimum atomic E-state index is -0.0162. The normalized spacial score (nSPS) is 18.5. The van der Waals surface area contributed by atoms with Crippen LogP contribution >= 0.6 is 0 Å². The lowest BCUT2D eigenvalue weighted by Gasteiger charge is -2.25. The highest BCUT2D eigenvalue weighted by Crippen LogP contribution is 2.25. The Morgan fingerprint density at radius 1 is 1.41 bits per heavy atom. The molecule has 0 aromatic heterocycles. The summed E-state index contributed by atoms with van der Waals surface area (Å²) >= 11 is 0. The molecular weight excluding hydrogens is 214 g/mol. The van der Waals surface area contributed by atoms with Crippen LogP contribution in [0.25, 0.3) is 0 Å². The molecule has 0 saturated carbocycles. The topological polar surface area (TPSA) is 58.4 Å². The predicted octanol–water partition coefficient (Wildman–Crippen LogP) is 1.03. The minimum absolute atomic E-state index is 0.0162. The minimum Gasteiger partial charge on any atom is -0.362 e. The van der Waals surface area contributed by atoms with E-state index in [9.17, 15) is 4.79 Å². The number of carbonyl (C=O) groups excluding carboxylic acids is 1. The van der Waals surface area contributed by atoms with Crippen LogP contribution in [0.3, 0.4) is 0 Å². The first-order chi connectivity index (χ1) is 8.18. The molecule has 1 aromatic carbocycles. The Kier molecular flexibility index (Phi) is 3.64. The van der Waals surface area contributed by atoms with Gasteiger partial charge in [0.2, 0.25) is 5.91 Å². The summed E-state index contributed by atoms with van der Waals surface area (Å²) in [5.74, 6) is 0.0852. The maximum atomic E-state index is 11.6. The summed E-state index contributed by atoms with van der Waals surface area (Å²) in [5.41, 5.74) is 8.15. The van der Waals surface area contributed by atoms with Gasteiger partial charge < -0.3 is 16.0 Å². The van der Waals surface area contributed by atoms with Crippen LogP contribution in [0.4, 0.5) is 5.69 Å². The summed E-state index contributed by atoms with van der Waals surface area (Å²) in [6, 6.07) is 8.03. The third-order valence-corrected chi connectivity index (χ3v) is 3.03. The molecule has 4 nitrogen and oxygen atoms in total. The number of para-hydroxylation sites is 1. The fourth-order valence-electron chi connectivity index (χ4n) is 2.17. The SMILES string of the molecule is C[C@H](N)c1ccccc1N1CCCNC(=O)C1. The van der Waals surface area contributed by atoms with Gasteiger partial charge in [-0.1, -0.05) is 18.2 Å². The second-order valence-corrected chi connectivity index (χ2v) is 4.47. The lowest BCUT2D eigenvalue weighted by Crippen LogP contribution is -2.33. The van der Waals surface area contributed by atoms with Gasteiger partial charge in [0.1, 0.15) is 0 Å². The third kappa shape index (κ3) is 2.77. The third-order valence-electron chi connectivity index (χ3n) is 3.03. The van der Waals surface area contributed by atoms with Gasteiger partial charge in [0.15, 0.2) is 0 Å². The Balaban J connectivity index is 2.28. The molecule has 1 heterocycles. The van der Waals surface area contributed by atoms with E-state index < -0.39 is 0 Å². The van der Waals surface area contributed by atoms with Crippen molar-refractivity contribution in [2.75, 3.05) is 24.5 Å². The van der Waals surface area contributed by atoms with E-state index in [1.165, 1.54) is 0 Å². The van der Waals surface area contributed by atoms with Gasteiger partial charge in [-0.25, -0.2) is 0 Å². The number of rotatable bonds is 2. The van der Waals surface area contributed by atoms with E-state index in [-0.39, 0.29) is 11.9 Å². The number of carbonyl (C=O) groups is 1. The highest BCUT2D eigenvalue weighted by molar-refractivity contribution is 5.82. The molecule has 0 unspecified atom stereocenters. The molecule has 3 N–H and O–H groups in total. The van der Waals surface area contributed by atoms with Crippen molar-refractivity contribution >= 4 is 11.6 Å². The fourth-order valence-corrected chi connectivity index (χ4v) is 2.17. The van der Waals surface area contributed by atoms with Crippen LogP contribution in [0, 0.1) is 0 Å². The van der Waals surface area contributed by atoms with Crippen LogP contribution in [0.5, 0.6) is 0 Å². The molecule has 1 saturated heterocycles. The van der Waals surface area contributed by atoms with Gasteiger partial charge in [-0.3, -0.25) is 4.79 Å². The highest BCUT2D eigenvalue weighted by atomic mass is 16.2. The molecular formula is C13H19N3O. The summed E-state index contributed by atoms with van der Waals surface area (Å²) in [5, 5.41) is 2.88. The number of anilines is 1. The van der Waals surface area contributed by atoms with E-state index >= 15 is 0 Å². The zero-order valence-corrected chi connectivity index (χ0v) is 10.1. The molecule has 1 aliphatic heterocycles. The van der Waals surface area contributed by atoms with Crippen molar-refractivity contribution in [3.8, 4) is 0 Å². The van der Waals surface area contributed by atoms with Crippen molar-refractivity contribution in [3.05, 3.63) is 29.8 Å². The number of nitrogens with two attached hydrogens (primary N) is 1. The van der Waals surface area contributed by atoms with Crippen LogP contribution in [0.1, 0.15) is 24.9 Å². The van der Waals surface area contributed by atoms with Crippen molar-refractivity contribution in [2.45, 2.75) is 19.4 Å². The van der Waals surface area contributed by atoms with E-state index in [2.05, 4.69) is 10.2 Å². The molecule has 1 amide bonds. The van der Waals surface area contributed by atoms with Crippen LogP contribution in [0.15, 0.2) is 24.3 Å². The Hall–Kier alpha value is -1.55. The van der Waals surface area contributed by atoms with E-state index in [0.717, 1.165) is 30.8 Å². The molecule has 4 heteroatoms. The summed E-state index contributed by atoms with van der Waals surface area (Å²) < 4.78 is 0. The summed E-state index contributed by atoms with van der Waals surface area (Å²) in [6.07, 6.45) is 0.971. The van der Waals surface area contributed by atoms with Gasteiger partial charge >= 0.3 is 0 Å². The first-order valence-electron chi connectivity index (χ1n) is 6.04. The standard InChI is InChI=1S/C13H19N3O/c1-10(14)11-5-2-3-6-12(11)16-8-4-7-15-13(17)9-16/h2-3,5-6,10H,4,7-9,14H2,1H3,(H,15,17)/t10-/m0/s1. The second kappa shape index (κ2) is 5.19. The summed E-state index contributed by atoms with van der Waals surface area (Å²) in [4.78, 5) is 13.7. The molecule has 1 atom stereocenters. The molecule has 1 aromatic rings. The van der Waals surface area contributed by atoms with Crippen molar-refractivity contribution in [1.29, 1.82) is 0 Å². The molecule has 1 fully saturated rings. The second-order valence-electron chi connectivity index (χ2n) is 4.47. The molecule has 1 aliphatic rings. The molecule has 2 rings (SSSR count). The van der Waals surface area contributed by atoms with Crippen LogP contribution < -0.4 is 16.0 Å². The number of amides is 1. The summed E-state index contributed by atoms with van der Waals surface area (Å²) in [7, 11) is 0. The first kappa shape index (κ1) is 11.9. The molecule has 0 spiro atoms. The number of nitrogens with one attached hydrogen (secondary N) is 1. The Bertz CT molecular complexity index is 403. The van der Waals surface area contributed by atoms with Gasteiger partial charge in [-0.05, 0) is 25.0 Å². The molecule has 0 aliphatic carbocycles. The summed E-state index contributed by atoms with van der Waals surface area (Å²) in [6.45, 7) is 4.04. The van der Waals surface area contributed by atoms with Crippen LogP contribution in [-0.4, -0.2) is 25.5 Å². The van der Waals surface area contributed by atoms with Crippen molar-refractivity contribution in [2.24, 2.45) is 5.73 Å². The number of hydrogen-bond acceptors (Lipinski definition) is 3. The Morgan fingerprint density at radius 2 is 2.18 bits per heavy atom. The Morgan fingerprint density at radius 3 is 2.94 bits per heavy atom. The average Bonchev–Trinajstić information content (AvgIpc) is 2.54. The van der Waals surface area contributed by atoms with Gasteiger partial charge in [0, 0.05) is 24.8 Å². The van der Waals surface area contributed by atoms with E-state index in [1.807, 2.05) is 31.2 Å². The van der Waals surface area contributed by atoms with Gasteiger partial charge in [0.25, 0.3) is 0 Å². The first-order valence-corrected chi connectivity index (χ1v) is 6.04. The quantitative estimate of drug-likeness (QED) is 0.802. The Labute approximate surface area is 102 Å². The lowest BCUT2D eigenvalue weighted by molar-refractivity contribution is -0.119. The zero-order valence-electron chi connectivity index (χ0n) is 10.1. The smallest absolute Gasteiger partial charge is 0.239 e. The average molecular weight is 233 g/mol. The lowest BCUT2D eigenvalue weighted by atomic mass is 10.1. The van der Waals surface area contributed by atoms with Crippen LogP contribution in [-0.2, 0) is 4.79 Å². The molecule has 92 valence electrons.